The summed E-state index contributed by atoms with van der Waals surface area (Å²) >= 11 is 6.22. The van der Waals surface area contributed by atoms with Crippen LogP contribution in [0.5, 0.6) is 0 Å². The largest absolute Gasteiger partial charge is 0.378 e. The summed E-state index contributed by atoms with van der Waals surface area (Å²) < 4.78 is 32.7. The van der Waals surface area contributed by atoms with E-state index in [4.69, 9.17) is 16.3 Å². The fraction of sp³-hybridized carbons (Fsp3) is 0.600. The molecule has 1 aliphatic rings. The third kappa shape index (κ3) is 3.46. The number of alkyl halides is 1. The lowest BCUT2D eigenvalue weighted by Crippen LogP contribution is -2.32. The van der Waals surface area contributed by atoms with Crippen LogP contribution in [0.2, 0.25) is 0 Å². The molecule has 0 heterocycles. The molecule has 0 amide bonds. The second-order valence-electron chi connectivity index (χ2n) is 5.24. The van der Waals surface area contributed by atoms with Crippen LogP contribution in [0.25, 0.3) is 0 Å². The van der Waals surface area contributed by atoms with Gasteiger partial charge in [0.05, 0.1) is 11.5 Å². The van der Waals surface area contributed by atoms with Crippen LogP contribution < -0.4 is 0 Å². The predicted molar refractivity (Wildman–Crippen MR) is 72.4 cm³/mol. The lowest BCUT2D eigenvalue weighted by molar-refractivity contribution is -0.0267. The Hall–Kier alpha value is -0.670. The standard InChI is InChI=1S/C15H19ClF2O/c1-3-19-11-5-10(6-11)7-13(16)12-8-14(17)9(2)4-15(12)18/h4,8,10-11,13H,3,5-7H2,1-2H3. The molecule has 0 aliphatic heterocycles. The Morgan fingerprint density at radius 1 is 1.32 bits per heavy atom. The number of halogens is 3. The highest BCUT2D eigenvalue weighted by Gasteiger charge is 2.32. The van der Waals surface area contributed by atoms with E-state index in [0.29, 0.717) is 24.0 Å². The van der Waals surface area contributed by atoms with Crippen LogP contribution in [0.15, 0.2) is 12.1 Å². The number of aryl methyl sites for hydroxylation is 1. The summed E-state index contributed by atoms with van der Waals surface area (Å²) in [6.07, 6.45) is 2.92. The first-order valence-corrected chi connectivity index (χ1v) is 7.16. The van der Waals surface area contributed by atoms with E-state index in [9.17, 15) is 8.78 Å². The first-order valence-electron chi connectivity index (χ1n) is 6.72. The fourth-order valence-corrected chi connectivity index (χ4v) is 2.98. The molecule has 106 valence electrons. The van der Waals surface area contributed by atoms with E-state index in [-0.39, 0.29) is 5.56 Å². The molecule has 19 heavy (non-hydrogen) atoms. The second kappa shape index (κ2) is 6.19. The van der Waals surface area contributed by atoms with Crippen molar-refractivity contribution in [2.75, 3.05) is 6.61 Å². The van der Waals surface area contributed by atoms with E-state index in [1.165, 1.54) is 12.1 Å². The first kappa shape index (κ1) is 14.7. The molecule has 0 N–H and O–H groups in total. The van der Waals surface area contributed by atoms with Gasteiger partial charge in [0.1, 0.15) is 11.6 Å². The predicted octanol–water partition coefficient (Wildman–Crippen LogP) is 4.76. The third-order valence-corrected chi connectivity index (χ3v) is 4.16. The Kier molecular flexibility index (Phi) is 4.80. The van der Waals surface area contributed by atoms with E-state index in [0.717, 1.165) is 19.4 Å². The molecule has 1 atom stereocenters. The maximum Gasteiger partial charge on any atom is 0.128 e. The zero-order chi connectivity index (χ0) is 14.0. The zero-order valence-corrected chi connectivity index (χ0v) is 12.0. The minimum atomic E-state index is -0.470. The topological polar surface area (TPSA) is 9.23 Å². The lowest BCUT2D eigenvalue weighted by atomic mass is 9.78. The first-order chi connectivity index (χ1) is 9.01. The van der Waals surface area contributed by atoms with E-state index in [2.05, 4.69) is 0 Å². The van der Waals surface area contributed by atoms with E-state index in [1.54, 1.807) is 6.92 Å². The Morgan fingerprint density at radius 2 is 2.00 bits per heavy atom. The van der Waals surface area contributed by atoms with Gasteiger partial charge in [-0.1, -0.05) is 0 Å². The van der Waals surface area contributed by atoms with Crippen molar-refractivity contribution in [2.24, 2.45) is 5.92 Å². The smallest absolute Gasteiger partial charge is 0.128 e. The van der Waals surface area contributed by atoms with Gasteiger partial charge in [-0.2, -0.15) is 0 Å². The van der Waals surface area contributed by atoms with Gasteiger partial charge < -0.3 is 4.74 Å². The van der Waals surface area contributed by atoms with Crippen molar-refractivity contribution in [3.8, 4) is 0 Å². The molecule has 0 spiro atoms. The van der Waals surface area contributed by atoms with Gasteiger partial charge in [-0.05, 0) is 56.7 Å². The fourth-order valence-electron chi connectivity index (χ4n) is 2.56. The average Bonchev–Trinajstić information content (AvgIpc) is 2.31. The molecular weight excluding hydrogens is 270 g/mol. The van der Waals surface area contributed by atoms with Crippen LogP contribution in [0.1, 0.15) is 42.7 Å². The number of rotatable bonds is 5. The molecule has 0 saturated heterocycles. The summed E-state index contributed by atoms with van der Waals surface area (Å²) in [6.45, 7) is 4.24. The average molecular weight is 289 g/mol. The third-order valence-electron chi connectivity index (χ3n) is 3.75. The van der Waals surface area contributed by atoms with Gasteiger partial charge >= 0.3 is 0 Å². The maximum absolute atomic E-state index is 13.8. The van der Waals surface area contributed by atoms with Gasteiger partial charge in [-0.15, -0.1) is 11.6 Å². The molecule has 1 aromatic carbocycles. The molecule has 1 unspecified atom stereocenters. The molecular formula is C15H19ClF2O. The van der Waals surface area contributed by atoms with Gasteiger partial charge in [0.2, 0.25) is 0 Å². The molecule has 1 nitrogen and oxygen atoms in total. The van der Waals surface area contributed by atoms with Crippen molar-refractivity contribution in [3.63, 3.8) is 0 Å². The van der Waals surface area contributed by atoms with Crippen LogP contribution in [0.3, 0.4) is 0 Å². The van der Waals surface area contributed by atoms with E-state index < -0.39 is 17.0 Å². The molecule has 1 fully saturated rings. The molecule has 0 bridgehead atoms. The van der Waals surface area contributed by atoms with Gasteiger partial charge in [-0.25, -0.2) is 8.78 Å². The molecule has 1 aliphatic carbocycles. The summed E-state index contributed by atoms with van der Waals surface area (Å²) in [4.78, 5) is 0. The quantitative estimate of drug-likeness (QED) is 0.710. The van der Waals surface area contributed by atoms with Gasteiger partial charge in [-0.3, -0.25) is 0 Å². The summed E-state index contributed by atoms with van der Waals surface area (Å²) in [5.41, 5.74) is 0.579. The normalized spacial score (nSPS) is 24.1. The molecule has 0 aromatic heterocycles. The number of hydrogen-bond donors (Lipinski definition) is 0. The summed E-state index contributed by atoms with van der Waals surface area (Å²) in [5.74, 6) is -0.370. The van der Waals surface area contributed by atoms with Crippen LogP contribution >= 0.6 is 11.6 Å². The van der Waals surface area contributed by atoms with E-state index >= 15 is 0 Å². The molecule has 1 saturated carbocycles. The number of benzene rings is 1. The number of hydrogen-bond acceptors (Lipinski definition) is 1. The Labute approximate surface area is 117 Å². The summed E-state index contributed by atoms with van der Waals surface area (Å²) in [6, 6.07) is 2.44. The Morgan fingerprint density at radius 3 is 2.63 bits per heavy atom. The number of ether oxygens (including phenoxy) is 1. The highest BCUT2D eigenvalue weighted by Crippen LogP contribution is 2.40. The highest BCUT2D eigenvalue weighted by molar-refractivity contribution is 6.20. The maximum atomic E-state index is 13.8. The minimum absolute atomic E-state index is 0.268. The molecule has 4 heteroatoms. The molecule has 0 radical (unpaired) electrons. The van der Waals surface area contributed by atoms with Crippen molar-refractivity contribution in [3.05, 3.63) is 34.9 Å². The van der Waals surface area contributed by atoms with Gasteiger partial charge in [0.15, 0.2) is 0 Å². The summed E-state index contributed by atoms with van der Waals surface area (Å²) in [7, 11) is 0. The van der Waals surface area contributed by atoms with Crippen molar-refractivity contribution in [2.45, 2.75) is 44.6 Å². The van der Waals surface area contributed by atoms with Gasteiger partial charge in [0.25, 0.3) is 0 Å². The zero-order valence-electron chi connectivity index (χ0n) is 11.3. The van der Waals surface area contributed by atoms with Crippen LogP contribution in [-0.2, 0) is 4.74 Å². The van der Waals surface area contributed by atoms with Gasteiger partial charge in [0, 0.05) is 12.2 Å². The summed E-state index contributed by atoms with van der Waals surface area (Å²) in [5, 5.41) is -0.470. The van der Waals surface area contributed by atoms with Crippen molar-refractivity contribution in [1.82, 2.24) is 0 Å². The molecule has 1 aromatic rings. The Bertz CT molecular complexity index is 444. The van der Waals surface area contributed by atoms with E-state index in [1.807, 2.05) is 6.92 Å². The van der Waals surface area contributed by atoms with Crippen LogP contribution in [-0.4, -0.2) is 12.7 Å². The second-order valence-corrected chi connectivity index (χ2v) is 5.77. The van der Waals surface area contributed by atoms with Crippen molar-refractivity contribution < 1.29 is 13.5 Å². The highest BCUT2D eigenvalue weighted by atomic mass is 35.5. The minimum Gasteiger partial charge on any atom is -0.378 e. The monoisotopic (exact) mass is 288 g/mol. The van der Waals surface area contributed by atoms with Crippen molar-refractivity contribution >= 4 is 11.6 Å². The van der Waals surface area contributed by atoms with Crippen LogP contribution in [0.4, 0.5) is 8.78 Å². The SMILES string of the molecule is CCOC1CC(CC(Cl)c2cc(F)c(C)cc2F)C1. The van der Waals surface area contributed by atoms with Crippen molar-refractivity contribution in [1.29, 1.82) is 0 Å². The van der Waals surface area contributed by atoms with Crippen LogP contribution in [0, 0.1) is 24.5 Å². The Balaban J connectivity index is 1.94. The lowest BCUT2D eigenvalue weighted by Gasteiger charge is -2.36. The molecule has 2 rings (SSSR count).